The van der Waals surface area contributed by atoms with Crippen LogP contribution in [-0.2, 0) is 4.79 Å². The van der Waals surface area contributed by atoms with Gasteiger partial charge in [0.05, 0.1) is 17.3 Å². The molecule has 0 aliphatic carbocycles. The van der Waals surface area contributed by atoms with Crippen molar-refractivity contribution in [1.29, 1.82) is 0 Å². The number of aryl methyl sites for hydroxylation is 1. The predicted octanol–water partition coefficient (Wildman–Crippen LogP) is 2.78. The zero-order valence-electron chi connectivity index (χ0n) is 9.84. The van der Waals surface area contributed by atoms with Crippen molar-refractivity contribution < 1.29 is 4.79 Å². The molecule has 1 aliphatic heterocycles. The fraction of sp³-hybridized carbons (Fsp3) is 0.462. The Bertz CT molecular complexity index is 401. The van der Waals surface area contributed by atoms with Gasteiger partial charge >= 0.3 is 0 Å². The van der Waals surface area contributed by atoms with Gasteiger partial charge in [-0.1, -0.05) is 19.4 Å². The number of hydrogen-bond donors (Lipinski definition) is 2. The van der Waals surface area contributed by atoms with Crippen LogP contribution in [0.5, 0.6) is 0 Å². The maximum atomic E-state index is 11.9. The third kappa shape index (κ3) is 2.18. The molecule has 86 valence electrons. The van der Waals surface area contributed by atoms with Gasteiger partial charge in [-0.15, -0.1) is 0 Å². The quantitative estimate of drug-likeness (QED) is 0.801. The summed E-state index contributed by atoms with van der Waals surface area (Å²) in [5.74, 6) is 0.219. The Hall–Kier alpha value is -1.51. The molecule has 16 heavy (non-hydrogen) atoms. The van der Waals surface area contributed by atoms with Crippen molar-refractivity contribution in [2.45, 2.75) is 26.7 Å². The molecule has 1 aromatic rings. The molecule has 2 N–H and O–H groups in total. The maximum absolute atomic E-state index is 11.9. The summed E-state index contributed by atoms with van der Waals surface area (Å²) in [5.41, 5.74) is 3.09. The highest BCUT2D eigenvalue weighted by molar-refractivity contribution is 5.97. The van der Waals surface area contributed by atoms with Crippen LogP contribution >= 0.6 is 0 Å². The van der Waals surface area contributed by atoms with Crippen molar-refractivity contribution in [3.63, 3.8) is 0 Å². The van der Waals surface area contributed by atoms with E-state index in [0.29, 0.717) is 0 Å². The summed E-state index contributed by atoms with van der Waals surface area (Å²) in [6.07, 6.45) is 1.97. The van der Waals surface area contributed by atoms with E-state index in [9.17, 15) is 4.79 Å². The summed E-state index contributed by atoms with van der Waals surface area (Å²) < 4.78 is 0. The smallest absolute Gasteiger partial charge is 0.229 e. The second-order valence-electron chi connectivity index (χ2n) is 4.40. The van der Waals surface area contributed by atoms with Crippen molar-refractivity contribution in [1.82, 2.24) is 0 Å². The van der Waals surface area contributed by atoms with Crippen molar-refractivity contribution in [2.24, 2.45) is 5.92 Å². The van der Waals surface area contributed by atoms with Gasteiger partial charge in [0.2, 0.25) is 5.91 Å². The normalized spacial score (nSPS) is 19.4. The molecule has 0 saturated heterocycles. The lowest BCUT2D eigenvalue weighted by atomic mass is 10.0. The van der Waals surface area contributed by atoms with Gasteiger partial charge in [-0.25, -0.2) is 0 Å². The molecule has 1 atom stereocenters. The van der Waals surface area contributed by atoms with Gasteiger partial charge in [0.15, 0.2) is 0 Å². The molecule has 0 saturated carbocycles. The summed E-state index contributed by atoms with van der Waals surface area (Å²) in [6.45, 7) is 4.87. The summed E-state index contributed by atoms with van der Waals surface area (Å²) in [7, 11) is 0. The molecule has 0 aromatic heterocycles. The fourth-order valence-corrected chi connectivity index (χ4v) is 2.06. The van der Waals surface area contributed by atoms with Crippen LogP contribution in [0.15, 0.2) is 18.2 Å². The summed E-state index contributed by atoms with van der Waals surface area (Å²) in [6, 6.07) is 6.09. The number of anilines is 2. The molecule has 1 unspecified atom stereocenters. The van der Waals surface area contributed by atoms with E-state index in [4.69, 9.17) is 0 Å². The first-order valence-electron chi connectivity index (χ1n) is 5.86. The Labute approximate surface area is 96.2 Å². The number of rotatable bonds is 2. The number of benzene rings is 1. The Morgan fingerprint density at radius 3 is 2.94 bits per heavy atom. The molecular weight excluding hydrogens is 200 g/mol. The van der Waals surface area contributed by atoms with Gasteiger partial charge in [-0.05, 0) is 31.0 Å². The van der Waals surface area contributed by atoms with E-state index >= 15 is 0 Å². The lowest BCUT2D eigenvalue weighted by Crippen LogP contribution is -2.25. The van der Waals surface area contributed by atoms with Crippen LogP contribution in [0.4, 0.5) is 11.4 Å². The highest BCUT2D eigenvalue weighted by atomic mass is 16.1. The zero-order chi connectivity index (χ0) is 11.5. The molecule has 1 amide bonds. The minimum Gasteiger partial charge on any atom is -0.383 e. The lowest BCUT2D eigenvalue weighted by molar-refractivity contribution is -0.119. The largest absolute Gasteiger partial charge is 0.383 e. The van der Waals surface area contributed by atoms with E-state index in [-0.39, 0.29) is 11.8 Å². The van der Waals surface area contributed by atoms with Crippen molar-refractivity contribution >= 4 is 17.3 Å². The molecule has 1 aliphatic rings. The highest BCUT2D eigenvalue weighted by Gasteiger charge is 2.22. The van der Waals surface area contributed by atoms with Gasteiger partial charge in [0.1, 0.15) is 0 Å². The van der Waals surface area contributed by atoms with Crippen LogP contribution in [0.3, 0.4) is 0 Å². The van der Waals surface area contributed by atoms with E-state index in [1.165, 1.54) is 0 Å². The fourth-order valence-electron chi connectivity index (χ4n) is 2.06. The number of amides is 1. The SMILES string of the molecule is CCCC1CNc2ccc(C)cc2NC1=O. The number of hydrogen-bond acceptors (Lipinski definition) is 2. The van der Waals surface area contributed by atoms with Crippen LogP contribution in [0.25, 0.3) is 0 Å². The second-order valence-corrected chi connectivity index (χ2v) is 4.40. The van der Waals surface area contributed by atoms with E-state index < -0.39 is 0 Å². The Balaban J connectivity index is 2.23. The third-order valence-electron chi connectivity index (χ3n) is 2.98. The molecule has 1 heterocycles. The first-order chi connectivity index (χ1) is 7.70. The third-order valence-corrected chi connectivity index (χ3v) is 2.98. The average Bonchev–Trinajstić information content (AvgIpc) is 2.39. The Morgan fingerprint density at radius 1 is 1.38 bits per heavy atom. The molecule has 0 radical (unpaired) electrons. The highest BCUT2D eigenvalue weighted by Crippen LogP contribution is 2.27. The molecule has 0 bridgehead atoms. The Morgan fingerprint density at radius 2 is 2.19 bits per heavy atom. The average molecular weight is 218 g/mol. The van der Waals surface area contributed by atoms with E-state index in [1.54, 1.807) is 0 Å². The maximum Gasteiger partial charge on any atom is 0.229 e. The number of carbonyl (C=O) groups excluding carboxylic acids is 1. The second kappa shape index (κ2) is 4.56. The molecular formula is C13H18N2O. The molecule has 3 heteroatoms. The molecule has 0 spiro atoms. The van der Waals surface area contributed by atoms with Gasteiger partial charge in [0.25, 0.3) is 0 Å². The molecule has 1 aromatic carbocycles. The minimum atomic E-state index is 0.0812. The minimum absolute atomic E-state index is 0.0812. The first-order valence-corrected chi connectivity index (χ1v) is 5.86. The summed E-state index contributed by atoms with van der Waals surface area (Å²) in [4.78, 5) is 11.9. The van der Waals surface area contributed by atoms with Crippen LogP contribution < -0.4 is 10.6 Å². The van der Waals surface area contributed by atoms with Crippen molar-refractivity contribution in [3.8, 4) is 0 Å². The summed E-state index contributed by atoms with van der Waals surface area (Å²) in [5, 5.41) is 6.33. The predicted molar refractivity (Wildman–Crippen MR) is 66.7 cm³/mol. The van der Waals surface area contributed by atoms with Crippen LogP contribution in [0, 0.1) is 12.8 Å². The van der Waals surface area contributed by atoms with Gasteiger partial charge < -0.3 is 10.6 Å². The topological polar surface area (TPSA) is 41.1 Å². The van der Waals surface area contributed by atoms with E-state index in [1.807, 2.05) is 19.1 Å². The number of carbonyl (C=O) groups is 1. The zero-order valence-corrected chi connectivity index (χ0v) is 9.84. The van der Waals surface area contributed by atoms with Gasteiger partial charge in [-0.3, -0.25) is 4.79 Å². The van der Waals surface area contributed by atoms with Crippen molar-refractivity contribution in [2.75, 3.05) is 17.2 Å². The standard InChI is InChI=1S/C13H18N2O/c1-3-4-10-8-14-11-6-5-9(2)7-12(11)15-13(10)16/h5-7,10,14H,3-4,8H2,1-2H3,(H,15,16). The van der Waals surface area contributed by atoms with Gasteiger partial charge in [-0.2, -0.15) is 0 Å². The van der Waals surface area contributed by atoms with Gasteiger partial charge in [0, 0.05) is 6.54 Å². The van der Waals surface area contributed by atoms with Crippen LogP contribution in [0.1, 0.15) is 25.3 Å². The summed E-state index contributed by atoms with van der Waals surface area (Å²) >= 11 is 0. The van der Waals surface area contributed by atoms with Crippen LogP contribution in [-0.4, -0.2) is 12.5 Å². The first kappa shape index (κ1) is 11.0. The Kier molecular flexibility index (Phi) is 3.13. The number of fused-ring (bicyclic) bond motifs is 1. The molecule has 0 fully saturated rings. The molecule has 3 nitrogen and oxygen atoms in total. The monoisotopic (exact) mass is 218 g/mol. The molecule has 2 rings (SSSR count). The van der Waals surface area contributed by atoms with Crippen LogP contribution in [0.2, 0.25) is 0 Å². The number of nitrogens with one attached hydrogen (secondary N) is 2. The van der Waals surface area contributed by atoms with E-state index in [2.05, 4.69) is 23.6 Å². The lowest BCUT2D eigenvalue weighted by Gasteiger charge is -2.11. The van der Waals surface area contributed by atoms with E-state index in [0.717, 1.165) is 36.3 Å². The van der Waals surface area contributed by atoms with Crippen molar-refractivity contribution in [3.05, 3.63) is 23.8 Å².